The third-order valence-electron chi connectivity index (χ3n) is 4.71. The number of carbonyl (C=O) groups is 1. The summed E-state index contributed by atoms with van der Waals surface area (Å²) in [7, 11) is -2.64. The summed E-state index contributed by atoms with van der Waals surface area (Å²) in [5.41, 5.74) is 0. The SMILES string of the molecule is [2H][C@H]1CC(=O)O[C@@H]1CO[Si](c1ccccc1)(c1ccccc1)C(C)(C)C. The van der Waals surface area contributed by atoms with Crippen LogP contribution >= 0.6 is 0 Å². The van der Waals surface area contributed by atoms with Gasteiger partial charge in [0.2, 0.25) is 0 Å². The minimum Gasteiger partial charge on any atom is -0.460 e. The summed E-state index contributed by atoms with van der Waals surface area (Å²) in [6.07, 6.45) is -0.903. The molecule has 0 radical (unpaired) electrons. The lowest BCUT2D eigenvalue weighted by molar-refractivity contribution is -0.142. The van der Waals surface area contributed by atoms with E-state index in [9.17, 15) is 4.79 Å². The average molecular weight is 356 g/mol. The number of cyclic esters (lactones) is 1. The molecule has 0 saturated carbocycles. The second kappa shape index (κ2) is 7.14. The number of hydrogen-bond acceptors (Lipinski definition) is 3. The molecule has 1 aliphatic heterocycles. The molecule has 4 heteroatoms. The first-order chi connectivity index (χ1) is 12.3. The lowest BCUT2D eigenvalue weighted by Crippen LogP contribution is -2.67. The smallest absolute Gasteiger partial charge is 0.306 e. The van der Waals surface area contributed by atoms with Crippen molar-refractivity contribution in [1.82, 2.24) is 0 Å². The van der Waals surface area contributed by atoms with E-state index >= 15 is 0 Å². The fraction of sp³-hybridized carbons (Fsp3) is 0.381. The molecule has 3 rings (SSSR count). The van der Waals surface area contributed by atoms with Gasteiger partial charge in [0.25, 0.3) is 8.32 Å². The molecule has 0 aromatic heterocycles. The van der Waals surface area contributed by atoms with Crippen LogP contribution in [0.5, 0.6) is 0 Å². The first-order valence-corrected chi connectivity index (χ1v) is 10.6. The molecule has 132 valence electrons. The summed E-state index contributed by atoms with van der Waals surface area (Å²) >= 11 is 0. The Morgan fingerprint density at radius 1 is 1.08 bits per heavy atom. The van der Waals surface area contributed by atoms with E-state index in [1.165, 1.54) is 10.4 Å². The Bertz CT molecular complexity index is 703. The lowest BCUT2D eigenvalue weighted by atomic mass is 10.2. The summed E-state index contributed by atoms with van der Waals surface area (Å²) in [5.74, 6) is -0.305. The zero-order valence-electron chi connectivity index (χ0n) is 16.1. The van der Waals surface area contributed by atoms with Crippen molar-refractivity contribution in [3.8, 4) is 0 Å². The summed E-state index contributed by atoms with van der Waals surface area (Å²) in [5, 5.41) is 2.24. The van der Waals surface area contributed by atoms with Crippen molar-refractivity contribution in [2.45, 2.75) is 44.7 Å². The third-order valence-corrected chi connectivity index (χ3v) is 9.72. The standard InChI is InChI=1S/C21H26O3Si/c1-21(2,3)25(18-10-6-4-7-11-18,19-12-8-5-9-13-19)23-16-17-14-15-20(22)24-17/h4-13,17H,14-16H2,1-3H3/t17-/m0/s1/i14D/t14-,17-. The Morgan fingerprint density at radius 2 is 1.60 bits per heavy atom. The van der Waals surface area contributed by atoms with Crippen LogP contribution in [0.2, 0.25) is 5.04 Å². The number of esters is 1. The molecule has 1 aliphatic rings. The van der Waals surface area contributed by atoms with Crippen LogP contribution in [0.4, 0.5) is 0 Å². The Balaban J connectivity index is 2.04. The van der Waals surface area contributed by atoms with Crippen LogP contribution in [0.15, 0.2) is 60.7 Å². The second-order valence-electron chi connectivity index (χ2n) is 7.44. The van der Waals surface area contributed by atoms with Crippen molar-refractivity contribution in [2.24, 2.45) is 0 Å². The first kappa shape index (κ1) is 16.5. The molecule has 0 aliphatic carbocycles. The van der Waals surface area contributed by atoms with Crippen LogP contribution in [-0.2, 0) is 14.0 Å². The third kappa shape index (κ3) is 3.55. The van der Waals surface area contributed by atoms with Gasteiger partial charge in [0.05, 0.1) is 6.61 Å². The van der Waals surface area contributed by atoms with Gasteiger partial charge in [0, 0.05) is 7.79 Å². The highest BCUT2D eigenvalue weighted by Gasteiger charge is 2.50. The van der Waals surface area contributed by atoms with Crippen LogP contribution in [0.1, 0.15) is 35.0 Å². The Hall–Kier alpha value is -1.91. The van der Waals surface area contributed by atoms with Crippen LogP contribution in [0.3, 0.4) is 0 Å². The largest absolute Gasteiger partial charge is 0.460 e. The maximum atomic E-state index is 11.5. The minimum atomic E-state index is -2.64. The summed E-state index contributed by atoms with van der Waals surface area (Å²) in [6.45, 7) is 6.88. The van der Waals surface area contributed by atoms with Gasteiger partial charge in [0.15, 0.2) is 0 Å². The minimum absolute atomic E-state index is 0.129. The molecule has 0 spiro atoms. The van der Waals surface area contributed by atoms with Gasteiger partial charge >= 0.3 is 5.97 Å². The number of ether oxygens (including phenoxy) is 1. The Kier molecular flexibility index (Phi) is 4.73. The van der Waals surface area contributed by atoms with E-state index in [0.29, 0.717) is 0 Å². The zero-order valence-corrected chi connectivity index (χ0v) is 16.1. The highest BCUT2D eigenvalue weighted by molar-refractivity contribution is 6.99. The maximum Gasteiger partial charge on any atom is 0.306 e. The van der Waals surface area contributed by atoms with Crippen molar-refractivity contribution in [2.75, 3.05) is 6.61 Å². The van der Waals surface area contributed by atoms with Crippen molar-refractivity contribution < 1.29 is 15.3 Å². The van der Waals surface area contributed by atoms with Gasteiger partial charge in [-0.15, -0.1) is 0 Å². The van der Waals surface area contributed by atoms with Crippen LogP contribution < -0.4 is 10.4 Å². The van der Waals surface area contributed by atoms with Crippen LogP contribution in [-0.4, -0.2) is 27.0 Å². The van der Waals surface area contributed by atoms with Gasteiger partial charge in [-0.05, 0) is 21.8 Å². The molecule has 0 amide bonds. The molecule has 0 N–H and O–H groups in total. The molecule has 0 unspecified atom stereocenters. The molecule has 1 fully saturated rings. The number of rotatable bonds is 5. The van der Waals surface area contributed by atoms with Crippen LogP contribution in [0.25, 0.3) is 0 Å². The van der Waals surface area contributed by atoms with Gasteiger partial charge in [-0.1, -0.05) is 81.4 Å². The normalized spacial score (nSPS) is 21.7. The maximum absolute atomic E-state index is 11.5. The predicted octanol–water partition coefficient (Wildman–Crippen LogP) is 3.27. The molecule has 2 aromatic rings. The summed E-state index contributed by atoms with van der Waals surface area (Å²) in [4.78, 5) is 11.5. The topological polar surface area (TPSA) is 35.5 Å². The van der Waals surface area contributed by atoms with E-state index in [0.717, 1.165) is 0 Å². The van der Waals surface area contributed by atoms with Gasteiger partial charge in [-0.25, -0.2) is 0 Å². The highest BCUT2D eigenvalue weighted by atomic mass is 28.4. The second-order valence-corrected chi connectivity index (χ2v) is 11.7. The molecule has 0 bridgehead atoms. The molecule has 2 atom stereocenters. The van der Waals surface area contributed by atoms with Crippen molar-refractivity contribution in [3.63, 3.8) is 0 Å². The molecule has 3 nitrogen and oxygen atoms in total. The highest BCUT2D eigenvalue weighted by Crippen LogP contribution is 2.37. The predicted molar refractivity (Wildman–Crippen MR) is 103 cm³/mol. The monoisotopic (exact) mass is 355 g/mol. The lowest BCUT2D eigenvalue weighted by Gasteiger charge is -2.43. The fourth-order valence-corrected chi connectivity index (χ4v) is 8.13. The summed E-state index contributed by atoms with van der Waals surface area (Å²) in [6, 6.07) is 20.7. The number of benzene rings is 2. The van der Waals surface area contributed by atoms with Crippen molar-refractivity contribution >= 4 is 24.7 Å². The molecule has 1 heterocycles. The van der Waals surface area contributed by atoms with E-state index in [4.69, 9.17) is 10.5 Å². The van der Waals surface area contributed by atoms with Gasteiger partial charge in [-0.3, -0.25) is 4.79 Å². The van der Waals surface area contributed by atoms with E-state index in [1.54, 1.807) is 0 Å². The summed E-state index contributed by atoms with van der Waals surface area (Å²) < 4.78 is 20.1. The van der Waals surface area contributed by atoms with Crippen molar-refractivity contribution in [1.29, 1.82) is 0 Å². The van der Waals surface area contributed by atoms with Gasteiger partial charge in [-0.2, -0.15) is 0 Å². The van der Waals surface area contributed by atoms with E-state index in [2.05, 4.69) is 45.0 Å². The Morgan fingerprint density at radius 3 is 2.00 bits per heavy atom. The number of hydrogen-bond donors (Lipinski definition) is 0. The Labute approximate surface area is 152 Å². The zero-order chi connectivity index (χ0) is 18.8. The van der Waals surface area contributed by atoms with Gasteiger partial charge < -0.3 is 9.16 Å². The first-order valence-electron chi connectivity index (χ1n) is 9.29. The fourth-order valence-electron chi connectivity index (χ4n) is 3.56. The number of carbonyl (C=O) groups excluding carboxylic acids is 1. The quantitative estimate of drug-likeness (QED) is 0.610. The molecule has 2 aromatic carbocycles. The molecular weight excluding hydrogens is 328 g/mol. The van der Waals surface area contributed by atoms with Gasteiger partial charge in [0.1, 0.15) is 6.10 Å². The molecule has 1 saturated heterocycles. The molecule has 25 heavy (non-hydrogen) atoms. The van der Waals surface area contributed by atoms with Crippen LogP contribution in [0, 0.1) is 0 Å². The molecular formula is C21H26O3Si. The van der Waals surface area contributed by atoms with E-state index in [1.807, 2.05) is 36.4 Å². The van der Waals surface area contributed by atoms with Crippen molar-refractivity contribution in [3.05, 3.63) is 60.7 Å². The average Bonchev–Trinajstić information content (AvgIpc) is 2.94. The van der Waals surface area contributed by atoms with E-state index < -0.39 is 20.8 Å². The van der Waals surface area contributed by atoms with E-state index in [-0.39, 0.29) is 24.0 Å².